The summed E-state index contributed by atoms with van der Waals surface area (Å²) in [7, 11) is 0. The summed E-state index contributed by atoms with van der Waals surface area (Å²) < 4.78 is 1.96. The van der Waals surface area contributed by atoms with Gasteiger partial charge in [0.1, 0.15) is 0 Å². The Morgan fingerprint density at radius 1 is 0.317 bits per heavy atom. The maximum absolute atomic E-state index is 14.4. The third kappa shape index (κ3) is 5.04. The van der Waals surface area contributed by atoms with Gasteiger partial charge in [0, 0.05) is 32.4 Å². The summed E-state index contributed by atoms with van der Waals surface area (Å²) in [5.74, 6) is 0. The van der Waals surface area contributed by atoms with Crippen molar-refractivity contribution in [1.82, 2.24) is 4.40 Å². The maximum atomic E-state index is 14.4. The predicted molar refractivity (Wildman–Crippen MR) is 264 cm³/mol. The molecule has 63 heavy (non-hydrogen) atoms. The lowest BCUT2D eigenvalue weighted by atomic mass is 9.81. The highest BCUT2D eigenvalue weighted by Crippen LogP contribution is 2.51. The van der Waals surface area contributed by atoms with Crippen molar-refractivity contribution in [2.24, 2.45) is 0 Å². The summed E-state index contributed by atoms with van der Waals surface area (Å²) in [5.41, 5.74) is 22.0. The van der Waals surface area contributed by atoms with Crippen LogP contribution in [-0.4, -0.2) is 4.40 Å². The van der Waals surface area contributed by atoms with Crippen molar-refractivity contribution in [1.29, 1.82) is 0 Å². The molecule has 0 radical (unpaired) electrons. The Kier molecular flexibility index (Phi) is 7.31. The van der Waals surface area contributed by atoms with Crippen LogP contribution < -0.4 is 5.56 Å². The Balaban J connectivity index is 0.956. The third-order valence-electron chi connectivity index (χ3n) is 14.7. The van der Waals surface area contributed by atoms with E-state index in [4.69, 9.17) is 0 Å². The Labute approximate surface area is 366 Å². The SMILES string of the molecule is CC1(C)c2ccccc2-c2ccc(-c3cccc(-c4ccc5c(c4)c4cc(-c6cccc(-c7ccc8c(c7)C(C)(C)c7ccccc7-8)c6)cc6c7ccccc7c(=O)n5c64)c3)cc21. The van der Waals surface area contributed by atoms with Gasteiger partial charge in [0.05, 0.1) is 11.0 Å². The molecule has 0 atom stereocenters. The standard InChI is InChI=1S/C61H43NO/c1-60(2)53-21-9-7-18-45(53)47-26-23-41(34-55(47)60)37-14-11-13-36(29-37)40-25-28-57-50(31-40)52-33-43(32-51-44-17-5-6-20-49(44)59(63)62(57)58(51)52)39-16-12-15-38(30-39)42-24-27-48-46-19-8-10-22-54(46)61(3,4)56(48)35-42/h5-35H,1-4H3. The topological polar surface area (TPSA) is 21.5 Å². The van der Waals surface area contributed by atoms with Gasteiger partial charge in [0.25, 0.3) is 5.56 Å². The minimum atomic E-state index is -0.0710. The molecule has 0 saturated heterocycles. The predicted octanol–water partition coefficient (Wildman–Crippen LogP) is 15.5. The first-order valence-electron chi connectivity index (χ1n) is 22.1. The fourth-order valence-electron chi connectivity index (χ4n) is 11.5. The van der Waals surface area contributed by atoms with E-state index in [9.17, 15) is 4.79 Å². The molecular formula is C61H43NO. The molecule has 2 nitrogen and oxygen atoms in total. The van der Waals surface area contributed by atoms with Gasteiger partial charge in [-0.25, -0.2) is 0 Å². The van der Waals surface area contributed by atoms with Gasteiger partial charge in [-0.15, -0.1) is 0 Å². The van der Waals surface area contributed by atoms with E-state index in [1.54, 1.807) is 0 Å². The monoisotopic (exact) mass is 805 g/mol. The largest absolute Gasteiger partial charge is 0.275 e. The van der Waals surface area contributed by atoms with Gasteiger partial charge in [-0.1, -0.05) is 161 Å². The lowest BCUT2D eigenvalue weighted by Gasteiger charge is -2.22. The van der Waals surface area contributed by atoms with Crippen molar-refractivity contribution in [3.8, 4) is 66.8 Å². The molecular weight excluding hydrogens is 763 g/mol. The molecule has 0 unspecified atom stereocenters. The Morgan fingerprint density at radius 3 is 1.30 bits per heavy atom. The van der Waals surface area contributed by atoms with Crippen LogP contribution >= 0.6 is 0 Å². The van der Waals surface area contributed by atoms with Crippen LogP contribution in [0.4, 0.5) is 0 Å². The highest BCUT2D eigenvalue weighted by molar-refractivity contribution is 6.22. The second-order valence-corrected chi connectivity index (χ2v) is 18.9. The highest BCUT2D eigenvalue weighted by atomic mass is 16.1. The number of benzene rings is 9. The molecule has 0 saturated carbocycles. The number of hydrogen-bond donors (Lipinski definition) is 0. The van der Waals surface area contributed by atoms with Crippen LogP contribution in [0.3, 0.4) is 0 Å². The van der Waals surface area contributed by atoms with Gasteiger partial charge < -0.3 is 0 Å². The molecule has 2 heterocycles. The molecule has 0 fully saturated rings. The summed E-state index contributed by atoms with van der Waals surface area (Å²) in [6.45, 7) is 9.36. The normalized spacial score (nSPS) is 14.3. The zero-order valence-electron chi connectivity index (χ0n) is 35.8. The van der Waals surface area contributed by atoms with Gasteiger partial charge in [0.2, 0.25) is 0 Å². The van der Waals surface area contributed by atoms with Crippen molar-refractivity contribution in [3.05, 3.63) is 221 Å². The van der Waals surface area contributed by atoms with Crippen LogP contribution in [0.1, 0.15) is 49.9 Å². The zero-order valence-corrected chi connectivity index (χ0v) is 35.8. The second-order valence-electron chi connectivity index (χ2n) is 18.9. The lowest BCUT2D eigenvalue weighted by Crippen LogP contribution is -2.14. The molecule has 0 amide bonds. The van der Waals surface area contributed by atoms with E-state index in [0.717, 1.165) is 60.2 Å². The quantitative estimate of drug-likeness (QED) is 0.162. The van der Waals surface area contributed by atoms with E-state index in [1.807, 2.05) is 22.6 Å². The van der Waals surface area contributed by atoms with Gasteiger partial charge in [-0.3, -0.25) is 9.20 Å². The van der Waals surface area contributed by atoms with Crippen LogP contribution in [0.5, 0.6) is 0 Å². The summed E-state index contributed by atoms with van der Waals surface area (Å²) in [6.07, 6.45) is 0. The fourth-order valence-corrected chi connectivity index (χ4v) is 11.5. The van der Waals surface area contributed by atoms with Crippen LogP contribution in [-0.2, 0) is 10.8 Å². The van der Waals surface area contributed by atoms with E-state index >= 15 is 0 Å². The summed E-state index contributed by atoms with van der Waals surface area (Å²) in [6, 6.07) is 68.8. The van der Waals surface area contributed by atoms with Gasteiger partial charge in [0.15, 0.2) is 0 Å². The lowest BCUT2D eigenvalue weighted by molar-refractivity contribution is 0.660. The molecule has 2 aliphatic carbocycles. The first kappa shape index (κ1) is 36.1. The molecule has 0 aliphatic heterocycles. The number of hydrogen-bond acceptors (Lipinski definition) is 1. The summed E-state index contributed by atoms with van der Waals surface area (Å²) in [5, 5.41) is 4.96. The molecule has 0 N–H and O–H groups in total. The zero-order chi connectivity index (χ0) is 42.4. The summed E-state index contributed by atoms with van der Waals surface area (Å²) in [4.78, 5) is 14.4. The molecule has 0 spiro atoms. The Hall–Kier alpha value is -7.55. The van der Waals surface area contributed by atoms with Crippen LogP contribution in [0.2, 0.25) is 0 Å². The van der Waals surface area contributed by atoms with Crippen molar-refractivity contribution < 1.29 is 0 Å². The fraction of sp³-hybridized carbons (Fsp3) is 0.0984. The van der Waals surface area contributed by atoms with Gasteiger partial charge >= 0.3 is 0 Å². The number of pyridine rings is 1. The van der Waals surface area contributed by atoms with E-state index in [1.165, 1.54) is 66.8 Å². The Bertz CT molecular complexity index is 3820. The first-order valence-corrected chi connectivity index (χ1v) is 22.1. The van der Waals surface area contributed by atoms with Crippen molar-refractivity contribution >= 4 is 38.0 Å². The van der Waals surface area contributed by atoms with E-state index < -0.39 is 0 Å². The molecule has 2 aliphatic rings. The average Bonchev–Trinajstić information content (AvgIpc) is 3.87. The molecule has 298 valence electrons. The minimum absolute atomic E-state index is 0.0194. The van der Waals surface area contributed by atoms with Crippen LogP contribution in [0, 0.1) is 0 Å². The first-order chi connectivity index (χ1) is 30.6. The van der Waals surface area contributed by atoms with Crippen LogP contribution in [0.25, 0.3) is 105 Å². The van der Waals surface area contributed by atoms with Crippen molar-refractivity contribution in [2.45, 2.75) is 38.5 Å². The maximum Gasteiger partial charge on any atom is 0.263 e. The second kappa shape index (κ2) is 12.8. The van der Waals surface area contributed by atoms with E-state index in [2.05, 4.69) is 198 Å². The molecule has 2 heteroatoms. The van der Waals surface area contributed by atoms with Gasteiger partial charge in [-0.2, -0.15) is 0 Å². The van der Waals surface area contributed by atoms with Crippen molar-refractivity contribution in [2.75, 3.05) is 0 Å². The molecule has 0 bridgehead atoms. The summed E-state index contributed by atoms with van der Waals surface area (Å²) >= 11 is 0. The third-order valence-corrected chi connectivity index (χ3v) is 14.7. The number of rotatable bonds is 4. The Morgan fingerprint density at radius 2 is 0.730 bits per heavy atom. The van der Waals surface area contributed by atoms with Gasteiger partial charge in [-0.05, 0) is 149 Å². The smallest absolute Gasteiger partial charge is 0.263 e. The number of fused-ring (bicyclic) bond motifs is 11. The molecule has 2 aromatic heterocycles. The van der Waals surface area contributed by atoms with Crippen molar-refractivity contribution in [3.63, 3.8) is 0 Å². The van der Waals surface area contributed by atoms with E-state index in [-0.39, 0.29) is 16.4 Å². The highest BCUT2D eigenvalue weighted by Gasteiger charge is 2.36. The number of aromatic nitrogens is 1. The van der Waals surface area contributed by atoms with E-state index in [0.29, 0.717) is 0 Å². The number of nitrogens with zero attached hydrogens (tertiary/aromatic N) is 1. The molecule has 9 aromatic carbocycles. The molecule has 11 aromatic rings. The van der Waals surface area contributed by atoms with Crippen LogP contribution in [0.15, 0.2) is 193 Å². The molecule has 13 rings (SSSR count). The minimum Gasteiger partial charge on any atom is -0.275 e. The average molecular weight is 806 g/mol.